The third-order valence-electron chi connectivity index (χ3n) is 4.63. The standard InChI is InChI=1S/C19H18N2O3/c1-12-18-15-8-4-3-7-14(15)11-20(13(2)22)17-10-6-5-9-16(17)19(18)24-21(12)23/h3-10,12,23H,11H2,1-2H3. The quantitative estimate of drug-likeness (QED) is 0.807. The summed E-state index contributed by atoms with van der Waals surface area (Å²) in [5.41, 5.74) is 4.55. The molecule has 2 aromatic rings. The molecule has 122 valence electrons. The van der Waals surface area contributed by atoms with E-state index in [1.807, 2.05) is 55.5 Å². The summed E-state index contributed by atoms with van der Waals surface area (Å²) in [5.74, 6) is 0.562. The Balaban J connectivity index is 2.06. The van der Waals surface area contributed by atoms with Gasteiger partial charge in [-0.2, -0.15) is 0 Å². The van der Waals surface area contributed by atoms with Crippen LogP contribution in [0.3, 0.4) is 0 Å². The minimum absolute atomic E-state index is 0.0341. The molecule has 0 saturated carbocycles. The van der Waals surface area contributed by atoms with E-state index in [1.165, 1.54) is 0 Å². The molecule has 0 saturated heterocycles. The van der Waals surface area contributed by atoms with Gasteiger partial charge >= 0.3 is 0 Å². The van der Waals surface area contributed by atoms with Gasteiger partial charge in [0, 0.05) is 18.1 Å². The molecule has 24 heavy (non-hydrogen) atoms. The van der Waals surface area contributed by atoms with Crippen LogP contribution in [0.25, 0.3) is 11.3 Å². The highest BCUT2D eigenvalue weighted by molar-refractivity contribution is 6.01. The van der Waals surface area contributed by atoms with Crippen LogP contribution in [0.4, 0.5) is 5.69 Å². The fourth-order valence-corrected chi connectivity index (χ4v) is 3.42. The molecule has 0 spiro atoms. The van der Waals surface area contributed by atoms with Crippen LogP contribution in [-0.2, 0) is 16.2 Å². The molecule has 2 aliphatic heterocycles. The molecule has 4 rings (SSSR count). The lowest BCUT2D eigenvalue weighted by atomic mass is 9.90. The topological polar surface area (TPSA) is 53.0 Å². The minimum Gasteiger partial charge on any atom is -0.379 e. The lowest BCUT2D eigenvalue weighted by Crippen LogP contribution is -2.30. The second-order valence-electron chi connectivity index (χ2n) is 6.09. The molecule has 1 unspecified atom stereocenters. The minimum atomic E-state index is -0.293. The van der Waals surface area contributed by atoms with Gasteiger partial charge in [0.05, 0.1) is 12.2 Å². The lowest BCUT2D eigenvalue weighted by molar-refractivity contribution is -0.301. The highest BCUT2D eigenvalue weighted by Gasteiger charge is 2.37. The summed E-state index contributed by atoms with van der Waals surface area (Å²) in [6.07, 6.45) is 0. The largest absolute Gasteiger partial charge is 0.379 e. The van der Waals surface area contributed by atoms with Crippen molar-refractivity contribution < 1.29 is 14.8 Å². The van der Waals surface area contributed by atoms with E-state index < -0.39 is 0 Å². The maximum absolute atomic E-state index is 12.3. The van der Waals surface area contributed by atoms with Gasteiger partial charge in [0.25, 0.3) is 0 Å². The molecular weight excluding hydrogens is 304 g/mol. The molecule has 0 bridgehead atoms. The fraction of sp³-hybridized carbons (Fsp3) is 0.211. The second kappa shape index (κ2) is 5.47. The molecular formula is C19H18N2O3. The first-order valence-corrected chi connectivity index (χ1v) is 7.94. The molecule has 0 fully saturated rings. The van der Waals surface area contributed by atoms with Gasteiger partial charge in [0.15, 0.2) is 5.76 Å². The third kappa shape index (κ3) is 2.13. The molecule has 0 aromatic heterocycles. The number of fused-ring (bicyclic) bond motifs is 4. The van der Waals surface area contributed by atoms with Gasteiger partial charge in [-0.1, -0.05) is 36.4 Å². The van der Waals surface area contributed by atoms with Gasteiger partial charge in [-0.15, -0.1) is 0 Å². The van der Waals surface area contributed by atoms with Crippen molar-refractivity contribution in [1.29, 1.82) is 0 Å². The van der Waals surface area contributed by atoms with Crippen molar-refractivity contribution in [3.8, 4) is 0 Å². The van der Waals surface area contributed by atoms with E-state index in [0.29, 0.717) is 12.3 Å². The second-order valence-corrected chi connectivity index (χ2v) is 6.09. The van der Waals surface area contributed by atoms with Crippen molar-refractivity contribution in [1.82, 2.24) is 5.23 Å². The van der Waals surface area contributed by atoms with Gasteiger partial charge < -0.3 is 9.74 Å². The predicted molar refractivity (Wildman–Crippen MR) is 90.7 cm³/mol. The predicted octanol–water partition coefficient (Wildman–Crippen LogP) is 3.45. The van der Waals surface area contributed by atoms with Crippen LogP contribution in [0.15, 0.2) is 48.5 Å². The number of hydroxylamine groups is 2. The van der Waals surface area contributed by atoms with E-state index in [4.69, 9.17) is 4.84 Å². The number of amides is 1. The number of rotatable bonds is 0. The van der Waals surface area contributed by atoms with Crippen LogP contribution in [0.2, 0.25) is 0 Å². The Kier molecular flexibility index (Phi) is 3.40. The van der Waals surface area contributed by atoms with Gasteiger partial charge in [0.1, 0.15) is 6.04 Å². The molecule has 0 aliphatic carbocycles. The maximum Gasteiger partial charge on any atom is 0.224 e. The molecule has 1 N–H and O–H groups in total. The van der Waals surface area contributed by atoms with Crippen LogP contribution < -0.4 is 4.90 Å². The highest BCUT2D eigenvalue weighted by Crippen LogP contribution is 2.44. The van der Waals surface area contributed by atoms with Crippen molar-refractivity contribution in [2.24, 2.45) is 0 Å². The summed E-state index contributed by atoms with van der Waals surface area (Å²) in [6, 6.07) is 15.3. The normalized spacial score (nSPS) is 19.8. The number of nitrogens with zero attached hydrogens (tertiary/aromatic N) is 2. The zero-order chi connectivity index (χ0) is 16.8. The number of hydrogen-bond acceptors (Lipinski definition) is 4. The third-order valence-corrected chi connectivity index (χ3v) is 4.63. The molecule has 2 aromatic carbocycles. The molecule has 1 atom stereocenters. The van der Waals surface area contributed by atoms with Gasteiger partial charge in [-0.05, 0) is 35.4 Å². The average molecular weight is 322 g/mol. The Hall–Kier alpha value is -2.63. The van der Waals surface area contributed by atoms with Crippen LogP contribution >= 0.6 is 0 Å². The van der Waals surface area contributed by atoms with Crippen molar-refractivity contribution in [2.45, 2.75) is 26.4 Å². The van der Waals surface area contributed by atoms with E-state index in [9.17, 15) is 10.0 Å². The lowest BCUT2D eigenvalue weighted by Gasteiger charge is -2.27. The monoisotopic (exact) mass is 322 g/mol. The number of anilines is 1. The zero-order valence-corrected chi connectivity index (χ0v) is 13.6. The summed E-state index contributed by atoms with van der Waals surface area (Å²) >= 11 is 0. The fourth-order valence-electron chi connectivity index (χ4n) is 3.42. The Morgan fingerprint density at radius 3 is 2.54 bits per heavy atom. The number of carbonyl (C=O) groups is 1. The maximum atomic E-state index is 12.3. The van der Waals surface area contributed by atoms with Crippen molar-refractivity contribution >= 4 is 22.9 Å². The summed E-state index contributed by atoms with van der Waals surface area (Å²) in [5, 5.41) is 11.0. The first-order chi connectivity index (χ1) is 11.6. The van der Waals surface area contributed by atoms with E-state index in [0.717, 1.165) is 33.2 Å². The number of para-hydroxylation sites is 1. The number of benzene rings is 2. The van der Waals surface area contributed by atoms with Gasteiger partial charge in [-0.3, -0.25) is 10.0 Å². The van der Waals surface area contributed by atoms with Gasteiger partial charge in [-0.25, -0.2) is 0 Å². The Morgan fingerprint density at radius 2 is 1.79 bits per heavy atom. The zero-order valence-electron chi connectivity index (χ0n) is 13.6. The number of carbonyl (C=O) groups excluding carboxylic acids is 1. The molecule has 5 nitrogen and oxygen atoms in total. The first kappa shape index (κ1) is 14.9. The molecule has 2 heterocycles. The van der Waals surface area contributed by atoms with E-state index >= 15 is 0 Å². The van der Waals surface area contributed by atoms with Crippen molar-refractivity contribution in [3.05, 3.63) is 65.2 Å². The molecule has 1 amide bonds. The van der Waals surface area contributed by atoms with Crippen molar-refractivity contribution in [2.75, 3.05) is 4.90 Å². The molecule has 0 radical (unpaired) electrons. The van der Waals surface area contributed by atoms with Gasteiger partial charge in [0.2, 0.25) is 5.91 Å². The van der Waals surface area contributed by atoms with E-state index in [1.54, 1.807) is 11.8 Å². The Labute approximate surface area is 140 Å². The highest BCUT2D eigenvalue weighted by atomic mass is 16.9. The number of hydrogen-bond donors (Lipinski definition) is 1. The molecule has 5 heteroatoms. The SMILES string of the molecule is CC(=O)N1Cc2ccccc2C2=C(ON(O)C2C)c2ccccc21. The van der Waals surface area contributed by atoms with Crippen LogP contribution in [0.1, 0.15) is 30.5 Å². The summed E-state index contributed by atoms with van der Waals surface area (Å²) in [7, 11) is 0. The average Bonchev–Trinajstić information content (AvgIpc) is 2.86. The van der Waals surface area contributed by atoms with Crippen molar-refractivity contribution in [3.63, 3.8) is 0 Å². The van der Waals surface area contributed by atoms with Crippen LogP contribution in [0.5, 0.6) is 0 Å². The van der Waals surface area contributed by atoms with Crippen LogP contribution in [0, 0.1) is 0 Å². The Morgan fingerprint density at radius 1 is 1.12 bits per heavy atom. The van der Waals surface area contributed by atoms with Crippen LogP contribution in [-0.4, -0.2) is 22.4 Å². The summed E-state index contributed by atoms with van der Waals surface area (Å²) in [4.78, 5) is 19.7. The summed E-state index contributed by atoms with van der Waals surface area (Å²) < 4.78 is 0. The molecule has 2 aliphatic rings. The van der Waals surface area contributed by atoms with E-state index in [2.05, 4.69) is 0 Å². The first-order valence-electron chi connectivity index (χ1n) is 7.94. The Bertz CT molecular complexity index is 859. The smallest absolute Gasteiger partial charge is 0.224 e. The summed E-state index contributed by atoms with van der Waals surface area (Å²) in [6.45, 7) is 3.94. The van der Waals surface area contributed by atoms with E-state index in [-0.39, 0.29) is 11.9 Å².